The molecule has 0 bridgehead atoms. The summed E-state index contributed by atoms with van der Waals surface area (Å²) in [5, 5.41) is 12.7. The van der Waals surface area contributed by atoms with E-state index in [0.29, 0.717) is 24.9 Å². The average Bonchev–Trinajstić information content (AvgIpc) is 3.33. The normalized spacial score (nSPS) is 15.6. The minimum absolute atomic E-state index is 0.265. The standard InChI is InChI=1S/C27H29N5O/c1-3-32-30-26(29-31-32)22-10-8-20(9-11-22)25(27(2)16-6-17-27)21-12-14-24(15-13-21)33-19-23-7-4-5-18-28-23/h4-5,7-15,18,25H,3,6,16-17,19H2,1-2H3. The number of aryl methyl sites for hydroxylation is 1. The van der Waals surface area contributed by atoms with E-state index in [0.717, 1.165) is 17.0 Å². The molecule has 168 valence electrons. The molecule has 1 aliphatic rings. The molecule has 0 radical (unpaired) electrons. The SMILES string of the molecule is CCn1nnc(-c2ccc(C(c3ccc(OCc4ccccn4)cc3)C3(C)CCC3)cc2)n1. The van der Waals surface area contributed by atoms with Gasteiger partial charge in [-0.25, -0.2) is 0 Å². The zero-order chi connectivity index (χ0) is 22.7. The predicted octanol–water partition coefficient (Wildman–Crippen LogP) is 5.66. The zero-order valence-electron chi connectivity index (χ0n) is 19.2. The third-order valence-electron chi connectivity index (χ3n) is 6.76. The first-order chi connectivity index (χ1) is 16.1. The van der Waals surface area contributed by atoms with E-state index in [1.165, 1.54) is 30.4 Å². The summed E-state index contributed by atoms with van der Waals surface area (Å²) in [6.07, 6.45) is 5.56. The van der Waals surface area contributed by atoms with Gasteiger partial charge in [0.25, 0.3) is 0 Å². The van der Waals surface area contributed by atoms with Gasteiger partial charge >= 0.3 is 0 Å². The molecule has 1 aliphatic carbocycles. The summed E-state index contributed by atoms with van der Waals surface area (Å²) in [6, 6.07) is 23.1. The Bertz CT molecular complexity index is 1180. The van der Waals surface area contributed by atoms with E-state index in [2.05, 4.69) is 75.8 Å². The summed E-state index contributed by atoms with van der Waals surface area (Å²) in [5.41, 5.74) is 4.84. The number of hydrogen-bond donors (Lipinski definition) is 0. The first-order valence-electron chi connectivity index (χ1n) is 11.7. The summed E-state index contributed by atoms with van der Waals surface area (Å²) < 4.78 is 5.95. The van der Waals surface area contributed by atoms with Crippen LogP contribution in [0.15, 0.2) is 72.9 Å². The average molecular weight is 440 g/mol. The number of pyridine rings is 1. The van der Waals surface area contributed by atoms with Gasteiger partial charge in [0.2, 0.25) is 5.82 Å². The van der Waals surface area contributed by atoms with E-state index < -0.39 is 0 Å². The summed E-state index contributed by atoms with van der Waals surface area (Å²) in [4.78, 5) is 5.94. The van der Waals surface area contributed by atoms with Gasteiger partial charge in [-0.2, -0.15) is 4.80 Å². The van der Waals surface area contributed by atoms with E-state index in [4.69, 9.17) is 4.74 Å². The minimum Gasteiger partial charge on any atom is -0.487 e. The molecular formula is C27H29N5O. The van der Waals surface area contributed by atoms with Crippen LogP contribution in [0.25, 0.3) is 11.4 Å². The molecule has 1 saturated carbocycles. The van der Waals surface area contributed by atoms with Crippen LogP contribution >= 0.6 is 0 Å². The highest BCUT2D eigenvalue weighted by atomic mass is 16.5. The highest BCUT2D eigenvalue weighted by Crippen LogP contribution is 2.54. The zero-order valence-corrected chi connectivity index (χ0v) is 19.2. The lowest BCUT2D eigenvalue weighted by molar-refractivity contribution is 0.135. The van der Waals surface area contributed by atoms with Crippen LogP contribution in [-0.2, 0) is 13.2 Å². The number of nitrogens with zero attached hydrogens (tertiary/aromatic N) is 5. The van der Waals surface area contributed by atoms with Gasteiger partial charge in [-0.15, -0.1) is 10.2 Å². The Hall–Kier alpha value is -3.54. The van der Waals surface area contributed by atoms with Crippen LogP contribution in [0.2, 0.25) is 0 Å². The predicted molar refractivity (Wildman–Crippen MR) is 128 cm³/mol. The molecule has 0 saturated heterocycles. The Morgan fingerprint density at radius 1 is 0.970 bits per heavy atom. The number of hydrogen-bond acceptors (Lipinski definition) is 5. The highest BCUT2D eigenvalue weighted by Gasteiger charge is 2.41. The molecule has 2 heterocycles. The van der Waals surface area contributed by atoms with Gasteiger partial charge in [-0.3, -0.25) is 4.98 Å². The van der Waals surface area contributed by atoms with Crippen LogP contribution in [0.1, 0.15) is 55.8 Å². The fraction of sp³-hybridized carbons (Fsp3) is 0.333. The van der Waals surface area contributed by atoms with Crippen molar-refractivity contribution in [2.45, 2.75) is 52.2 Å². The van der Waals surface area contributed by atoms with Gasteiger partial charge in [0.1, 0.15) is 12.4 Å². The number of aromatic nitrogens is 5. The van der Waals surface area contributed by atoms with Gasteiger partial charge in [-0.1, -0.05) is 55.8 Å². The molecule has 1 atom stereocenters. The molecule has 2 aromatic heterocycles. The molecule has 33 heavy (non-hydrogen) atoms. The molecule has 0 N–H and O–H groups in total. The third kappa shape index (κ3) is 4.51. The molecular weight excluding hydrogens is 410 g/mol. The molecule has 0 amide bonds. The Morgan fingerprint density at radius 2 is 1.70 bits per heavy atom. The molecule has 1 unspecified atom stereocenters. The molecule has 2 aromatic carbocycles. The molecule has 1 fully saturated rings. The second-order valence-electron chi connectivity index (χ2n) is 9.04. The second-order valence-corrected chi connectivity index (χ2v) is 9.04. The Labute approximate surface area is 194 Å². The number of rotatable bonds is 8. The molecule has 6 nitrogen and oxygen atoms in total. The van der Waals surface area contributed by atoms with Gasteiger partial charge in [0, 0.05) is 17.7 Å². The summed E-state index contributed by atoms with van der Waals surface area (Å²) in [6.45, 7) is 5.61. The van der Waals surface area contributed by atoms with Crippen molar-refractivity contribution >= 4 is 0 Å². The largest absolute Gasteiger partial charge is 0.487 e. The van der Waals surface area contributed by atoms with Gasteiger partial charge in [-0.05, 0) is 65.8 Å². The van der Waals surface area contributed by atoms with Crippen molar-refractivity contribution in [2.75, 3.05) is 0 Å². The monoisotopic (exact) mass is 439 g/mol. The van der Waals surface area contributed by atoms with E-state index in [9.17, 15) is 0 Å². The quantitative estimate of drug-likeness (QED) is 0.355. The highest BCUT2D eigenvalue weighted by molar-refractivity contribution is 5.55. The Morgan fingerprint density at radius 3 is 2.27 bits per heavy atom. The van der Waals surface area contributed by atoms with Crippen molar-refractivity contribution in [3.05, 3.63) is 89.7 Å². The maximum Gasteiger partial charge on any atom is 0.204 e. The summed E-state index contributed by atoms with van der Waals surface area (Å²) in [7, 11) is 0. The van der Waals surface area contributed by atoms with Crippen molar-refractivity contribution in [1.82, 2.24) is 25.2 Å². The van der Waals surface area contributed by atoms with Gasteiger partial charge in [0.15, 0.2) is 0 Å². The van der Waals surface area contributed by atoms with Crippen LogP contribution in [0.5, 0.6) is 5.75 Å². The summed E-state index contributed by atoms with van der Waals surface area (Å²) >= 11 is 0. The van der Waals surface area contributed by atoms with Crippen molar-refractivity contribution in [3.63, 3.8) is 0 Å². The maximum atomic E-state index is 5.95. The first-order valence-corrected chi connectivity index (χ1v) is 11.7. The topological polar surface area (TPSA) is 65.7 Å². The van der Waals surface area contributed by atoms with Crippen LogP contribution in [-0.4, -0.2) is 25.2 Å². The van der Waals surface area contributed by atoms with Gasteiger partial charge < -0.3 is 4.74 Å². The van der Waals surface area contributed by atoms with E-state index in [1.807, 2.05) is 25.1 Å². The van der Waals surface area contributed by atoms with Crippen LogP contribution in [0.4, 0.5) is 0 Å². The van der Waals surface area contributed by atoms with Crippen molar-refractivity contribution < 1.29 is 4.74 Å². The van der Waals surface area contributed by atoms with Crippen molar-refractivity contribution in [3.8, 4) is 17.1 Å². The van der Waals surface area contributed by atoms with Crippen LogP contribution in [0.3, 0.4) is 0 Å². The lowest BCUT2D eigenvalue weighted by Crippen LogP contribution is -2.33. The van der Waals surface area contributed by atoms with E-state index >= 15 is 0 Å². The first kappa shape index (κ1) is 21.3. The van der Waals surface area contributed by atoms with Gasteiger partial charge in [0.05, 0.1) is 12.2 Å². The Kier molecular flexibility index (Phi) is 5.90. The third-order valence-corrected chi connectivity index (χ3v) is 6.76. The number of tetrazole rings is 1. The molecule has 5 rings (SSSR count). The van der Waals surface area contributed by atoms with Crippen LogP contribution < -0.4 is 4.74 Å². The molecule has 0 aliphatic heterocycles. The van der Waals surface area contributed by atoms with E-state index in [1.54, 1.807) is 11.0 Å². The fourth-order valence-electron chi connectivity index (χ4n) is 4.73. The maximum absolute atomic E-state index is 5.95. The summed E-state index contributed by atoms with van der Waals surface area (Å²) in [5.74, 6) is 1.87. The Balaban J connectivity index is 1.37. The molecule has 6 heteroatoms. The molecule has 0 spiro atoms. The lowest BCUT2D eigenvalue weighted by Gasteiger charge is -2.46. The fourth-order valence-corrected chi connectivity index (χ4v) is 4.73. The van der Waals surface area contributed by atoms with Crippen molar-refractivity contribution in [1.29, 1.82) is 0 Å². The smallest absolute Gasteiger partial charge is 0.204 e. The second kappa shape index (κ2) is 9.14. The van der Waals surface area contributed by atoms with E-state index in [-0.39, 0.29) is 5.41 Å². The molecule has 4 aromatic rings. The minimum atomic E-state index is 0.265. The van der Waals surface area contributed by atoms with Crippen LogP contribution in [0, 0.1) is 5.41 Å². The number of benzene rings is 2. The van der Waals surface area contributed by atoms with Crippen molar-refractivity contribution in [2.24, 2.45) is 5.41 Å². The lowest BCUT2D eigenvalue weighted by atomic mass is 9.59. The number of ether oxygens (including phenoxy) is 1.